The summed E-state index contributed by atoms with van der Waals surface area (Å²) in [5, 5.41) is 4.39. The van der Waals surface area contributed by atoms with Gasteiger partial charge < -0.3 is 19.7 Å². The molecule has 6 heteroatoms. The minimum Gasteiger partial charge on any atom is -0.352 e. The molecule has 1 saturated heterocycles. The van der Waals surface area contributed by atoms with Crippen LogP contribution in [0.15, 0.2) is 30.5 Å². The van der Waals surface area contributed by atoms with Crippen LogP contribution >= 0.6 is 12.2 Å². The Kier molecular flexibility index (Phi) is 6.40. The summed E-state index contributed by atoms with van der Waals surface area (Å²) in [5.74, 6) is 0. The van der Waals surface area contributed by atoms with Crippen molar-refractivity contribution in [3.05, 3.63) is 53.1 Å². The third kappa shape index (κ3) is 4.08. The number of thiocarbonyl (C=S) groups is 1. The Morgan fingerprint density at radius 2 is 2.00 bits per heavy atom. The monoisotopic (exact) mass is 399 g/mol. The number of aryl methyl sites for hydroxylation is 1. The van der Waals surface area contributed by atoms with Crippen LogP contribution in [0.3, 0.4) is 0 Å². The van der Waals surface area contributed by atoms with Gasteiger partial charge >= 0.3 is 0 Å². The van der Waals surface area contributed by atoms with E-state index in [1.54, 1.807) is 0 Å². The van der Waals surface area contributed by atoms with E-state index in [0.29, 0.717) is 6.04 Å². The lowest BCUT2D eigenvalue weighted by Crippen LogP contribution is -2.32. The second kappa shape index (κ2) is 8.62. The Labute approximate surface area is 174 Å². The van der Waals surface area contributed by atoms with Crippen LogP contribution in [0.25, 0.3) is 0 Å². The Bertz CT molecular complexity index is 812. The van der Waals surface area contributed by atoms with E-state index in [4.69, 9.17) is 12.2 Å². The molecule has 2 atom stereocenters. The molecule has 152 valence electrons. The number of hydrogen-bond donors (Lipinski definition) is 1. The third-order valence-electron chi connectivity index (χ3n) is 5.56. The van der Waals surface area contributed by atoms with E-state index in [-0.39, 0.29) is 12.1 Å². The van der Waals surface area contributed by atoms with Crippen molar-refractivity contribution in [2.45, 2.75) is 52.2 Å². The minimum absolute atomic E-state index is 0.0640. The molecule has 2 aromatic heterocycles. The predicted molar refractivity (Wildman–Crippen MR) is 120 cm³/mol. The van der Waals surface area contributed by atoms with E-state index in [2.05, 4.69) is 84.7 Å². The molecule has 1 aliphatic heterocycles. The summed E-state index contributed by atoms with van der Waals surface area (Å²) in [5.41, 5.74) is 5.01. The van der Waals surface area contributed by atoms with E-state index in [0.717, 1.165) is 30.3 Å². The summed E-state index contributed by atoms with van der Waals surface area (Å²) in [6.07, 6.45) is 2.94. The zero-order chi connectivity index (χ0) is 20.4. The van der Waals surface area contributed by atoms with Gasteiger partial charge in [-0.25, -0.2) is 0 Å². The van der Waals surface area contributed by atoms with Crippen molar-refractivity contribution in [2.24, 2.45) is 0 Å². The Morgan fingerprint density at radius 3 is 2.57 bits per heavy atom. The molecule has 5 nitrogen and oxygen atoms in total. The Hall–Kier alpha value is -1.92. The van der Waals surface area contributed by atoms with Crippen LogP contribution in [0.2, 0.25) is 0 Å². The molecule has 0 unspecified atom stereocenters. The van der Waals surface area contributed by atoms with Gasteiger partial charge in [0, 0.05) is 30.2 Å². The number of rotatable bonds is 7. The minimum atomic E-state index is 0.0640. The van der Waals surface area contributed by atoms with Gasteiger partial charge in [-0.05, 0) is 90.7 Å². The number of hydrogen-bond acceptors (Lipinski definition) is 3. The molecule has 2 aromatic rings. The van der Waals surface area contributed by atoms with E-state index in [9.17, 15) is 0 Å². The van der Waals surface area contributed by atoms with E-state index in [1.165, 1.54) is 17.0 Å². The molecular weight excluding hydrogens is 366 g/mol. The van der Waals surface area contributed by atoms with Crippen molar-refractivity contribution < 1.29 is 0 Å². The highest BCUT2D eigenvalue weighted by atomic mass is 32.1. The lowest BCUT2D eigenvalue weighted by atomic mass is 9.96. The van der Waals surface area contributed by atoms with Gasteiger partial charge in [0.1, 0.15) is 0 Å². The van der Waals surface area contributed by atoms with Crippen LogP contribution in [0.1, 0.15) is 61.0 Å². The number of pyridine rings is 1. The van der Waals surface area contributed by atoms with Gasteiger partial charge in [-0.15, -0.1) is 0 Å². The first kappa shape index (κ1) is 20.8. The molecule has 3 rings (SSSR count). The fraction of sp³-hybridized carbons (Fsp3) is 0.545. The van der Waals surface area contributed by atoms with Crippen LogP contribution in [-0.2, 0) is 0 Å². The second-order valence-electron chi connectivity index (χ2n) is 8.27. The van der Waals surface area contributed by atoms with Gasteiger partial charge in [0.2, 0.25) is 0 Å². The number of aromatic nitrogens is 2. The zero-order valence-corrected chi connectivity index (χ0v) is 18.8. The molecule has 1 fully saturated rings. The summed E-state index contributed by atoms with van der Waals surface area (Å²) in [6.45, 7) is 10.9. The first-order chi connectivity index (χ1) is 13.3. The van der Waals surface area contributed by atoms with Crippen LogP contribution in [0.4, 0.5) is 0 Å². The molecule has 0 bridgehead atoms. The largest absolute Gasteiger partial charge is 0.352 e. The van der Waals surface area contributed by atoms with Crippen LogP contribution in [0.5, 0.6) is 0 Å². The lowest BCUT2D eigenvalue weighted by Gasteiger charge is -2.28. The van der Waals surface area contributed by atoms with Crippen LogP contribution in [0, 0.1) is 13.8 Å². The van der Waals surface area contributed by atoms with Gasteiger partial charge in [-0.1, -0.05) is 6.07 Å². The number of nitrogens with zero attached hydrogens (tertiary/aromatic N) is 4. The lowest BCUT2D eigenvalue weighted by molar-refractivity contribution is 0.292. The van der Waals surface area contributed by atoms with E-state index in [1.807, 2.05) is 12.3 Å². The Morgan fingerprint density at radius 1 is 1.25 bits per heavy atom. The molecule has 3 heterocycles. The summed E-state index contributed by atoms with van der Waals surface area (Å²) < 4.78 is 2.42. The molecule has 0 spiro atoms. The Balaban J connectivity index is 2.01. The van der Waals surface area contributed by atoms with Crippen molar-refractivity contribution in [2.75, 3.05) is 27.2 Å². The topological polar surface area (TPSA) is 36.3 Å². The summed E-state index contributed by atoms with van der Waals surface area (Å²) in [4.78, 5) is 9.23. The van der Waals surface area contributed by atoms with Crippen molar-refractivity contribution >= 4 is 17.3 Å². The first-order valence-corrected chi connectivity index (χ1v) is 10.5. The molecule has 0 aromatic carbocycles. The average molecular weight is 400 g/mol. The fourth-order valence-corrected chi connectivity index (χ4v) is 4.77. The normalized spacial score (nSPS) is 19.7. The molecular formula is C22H33N5S. The summed E-state index contributed by atoms with van der Waals surface area (Å²) in [6, 6.07) is 9.10. The fourth-order valence-electron chi connectivity index (χ4n) is 4.44. The molecule has 0 saturated carbocycles. The first-order valence-electron chi connectivity index (χ1n) is 10.1. The molecule has 28 heavy (non-hydrogen) atoms. The van der Waals surface area contributed by atoms with Gasteiger partial charge in [-0.2, -0.15) is 0 Å². The molecule has 0 radical (unpaired) electrons. The van der Waals surface area contributed by atoms with Gasteiger partial charge in [0.15, 0.2) is 5.11 Å². The molecule has 1 N–H and O–H groups in total. The highest BCUT2D eigenvalue weighted by Gasteiger charge is 2.41. The van der Waals surface area contributed by atoms with E-state index >= 15 is 0 Å². The van der Waals surface area contributed by atoms with E-state index < -0.39 is 0 Å². The molecule has 0 aliphatic carbocycles. The van der Waals surface area contributed by atoms with Crippen molar-refractivity contribution in [3.63, 3.8) is 0 Å². The quantitative estimate of drug-likeness (QED) is 0.712. The third-order valence-corrected chi connectivity index (χ3v) is 5.91. The van der Waals surface area contributed by atoms with Crippen LogP contribution < -0.4 is 5.32 Å². The van der Waals surface area contributed by atoms with Crippen LogP contribution in [-0.4, -0.2) is 51.6 Å². The summed E-state index contributed by atoms with van der Waals surface area (Å²) in [7, 11) is 4.23. The smallest absolute Gasteiger partial charge is 0.170 e. The maximum atomic E-state index is 5.77. The van der Waals surface area contributed by atoms with Gasteiger partial charge in [0.05, 0.1) is 17.8 Å². The highest BCUT2D eigenvalue weighted by Crippen LogP contribution is 2.41. The zero-order valence-electron chi connectivity index (χ0n) is 17.9. The van der Waals surface area contributed by atoms with Gasteiger partial charge in [-0.3, -0.25) is 4.98 Å². The molecule has 0 amide bonds. The maximum absolute atomic E-state index is 5.77. The highest BCUT2D eigenvalue weighted by molar-refractivity contribution is 7.80. The molecule has 1 aliphatic rings. The maximum Gasteiger partial charge on any atom is 0.170 e. The van der Waals surface area contributed by atoms with Crippen molar-refractivity contribution in [3.8, 4) is 0 Å². The summed E-state index contributed by atoms with van der Waals surface area (Å²) >= 11 is 5.77. The standard InChI is InChI=1S/C22H33N5S/c1-15(2)27-16(3)14-18(17(27)4)21-20(19-10-7-8-11-23-19)24-22(28)26(21)13-9-12-25(5)6/h7-8,10-11,14-15,20-21H,9,12-13H2,1-6H3,(H,24,28)/t20-,21-/m0/s1. The van der Waals surface area contributed by atoms with Crippen molar-refractivity contribution in [1.29, 1.82) is 0 Å². The predicted octanol–water partition coefficient (Wildman–Crippen LogP) is 4.01. The van der Waals surface area contributed by atoms with Gasteiger partial charge in [0.25, 0.3) is 0 Å². The van der Waals surface area contributed by atoms with Crippen molar-refractivity contribution in [1.82, 2.24) is 24.7 Å². The second-order valence-corrected chi connectivity index (χ2v) is 8.65. The number of nitrogens with one attached hydrogen (secondary N) is 1. The SMILES string of the molecule is Cc1cc([C@H]2[C@H](c3ccccn3)NC(=S)N2CCCN(C)C)c(C)n1C(C)C. The average Bonchev–Trinajstić information content (AvgIpc) is 3.11.